The molecule has 18 heavy (non-hydrogen) atoms. The summed E-state index contributed by atoms with van der Waals surface area (Å²) < 4.78 is 0. The lowest BCUT2D eigenvalue weighted by atomic mass is 10.1. The van der Waals surface area contributed by atoms with E-state index in [9.17, 15) is 9.59 Å². The van der Waals surface area contributed by atoms with Crippen molar-refractivity contribution >= 4 is 11.9 Å². The molecule has 0 aliphatic carbocycles. The van der Waals surface area contributed by atoms with E-state index in [1.54, 1.807) is 30.3 Å². The third kappa shape index (κ3) is 3.71. The number of hydrogen-bond acceptors (Lipinski definition) is 3. The van der Waals surface area contributed by atoms with E-state index < -0.39 is 24.0 Å². The van der Waals surface area contributed by atoms with Crippen LogP contribution < -0.4 is 11.1 Å². The molecular formula is C13H16N2O3. The van der Waals surface area contributed by atoms with Crippen molar-refractivity contribution in [2.45, 2.75) is 18.5 Å². The number of carbonyl (C=O) groups is 2. The fourth-order valence-electron chi connectivity index (χ4n) is 1.47. The Hall–Kier alpha value is -2.14. The van der Waals surface area contributed by atoms with Gasteiger partial charge in [0.25, 0.3) is 0 Å². The third-order valence-corrected chi connectivity index (χ3v) is 2.42. The molecule has 4 N–H and O–H groups in total. The number of rotatable bonds is 6. The minimum atomic E-state index is -1.12. The molecule has 1 rings (SSSR count). The Balaban J connectivity index is 2.79. The Morgan fingerprint density at radius 2 is 2.00 bits per heavy atom. The molecule has 0 saturated carbocycles. The summed E-state index contributed by atoms with van der Waals surface area (Å²) >= 11 is 0. The molecule has 1 amide bonds. The molecule has 0 spiro atoms. The predicted molar refractivity (Wildman–Crippen MR) is 67.8 cm³/mol. The fraction of sp³-hybridized carbons (Fsp3) is 0.231. The quantitative estimate of drug-likeness (QED) is 0.650. The van der Waals surface area contributed by atoms with E-state index in [-0.39, 0.29) is 0 Å². The molecule has 2 atom stereocenters. The fourth-order valence-corrected chi connectivity index (χ4v) is 1.47. The van der Waals surface area contributed by atoms with Crippen LogP contribution in [0.4, 0.5) is 0 Å². The van der Waals surface area contributed by atoms with Crippen LogP contribution in [0.15, 0.2) is 43.0 Å². The van der Waals surface area contributed by atoms with Crippen LogP contribution in [-0.2, 0) is 9.59 Å². The first-order chi connectivity index (χ1) is 8.56. The Labute approximate surface area is 105 Å². The van der Waals surface area contributed by atoms with Gasteiger partial charge in [-0.15, -0.1) is 6.58 Å². The number of amides is 1. The van der Waals surface area contributed by atoms with Crippen molar-refractivity contribution in [1.82, 2.24) is 5.32 Å². The number of benzene rings is 1. The molecule has 0 heterocycles. The van der Waals surface area contributed by atoms with Crippen LogP contribution in [0.3, 0.4) is 0 Å². The molecule has 0 bridgehead atoms. The highest BCUT2D eigenvalue weighted by Gasteiger charge is 2.23. The topological polar surface area (TPSA) is 92.4 Å². The number of carboxylic acids is 1. The Morgan fingerprint density at radius 1 is 1.39 bits per heavy atom. The van der Waals surface area contributed by atoms with Crippen molar-refractivity contribution in [2.75, 3.05) is 0 Å². The lowest BCUT2D eigenvalue weighted by Crippen LogP contribution is -2.44. The van der Waals surface area contributed by atoms with Crippen LogP contribution in [0.2, 0.25) is 0 Å². The first-order valence-corrected chi connectivity index (χ1v) is 5.51. The van der Waals surface area contributed by atoms with Gasteiger partial charge in [0.1, 0.15) is 0 Å². The lowest BCUT2D eigenvalue weighted by molar-refractivity contribution is -0.142. The Morgan fingerprint density at radius 3 is 2.50 bits per heavy atom. The van der Waals surface area contributed by atoms with E-state index >= 15 is 0 Å². The molecule has 1 aromatic carbocycles. The molecule has 0 aliphatic rings. The van der Waals surface area contributed by atoms with Crippen molar-refractivity contribution in [1.29, 1.82) is 0 Å². The molecule has 5 nitrogen and oxygen atoms in total. The summed E-state index contributed by atoms with van der Waals surface area (Å²) in [7, 11) is 0. The van der Waals surface area contributed by atoms with Crippen LogP contribution in [-0.4, -0.2) is 23.0 Å². The van der Waals surface area contributed by atoms with Crippen LogP contribution in [0, 0.1) is 0 Å². The summed E-state index contributed by atoms with van der Waals surface area (Å²) in [6, 6.07) is 6.59. The zero-order valence-electron chi connectivity index (χ0n) is 9.87. The smallest absolute Gasteiger partial charge is 0.330 e. The molecule has 0 radical (unpaired) electrons. The van der Waals surface area contributed by atoms with Crippen molar-refractivity contribution in [3.8, 4) is 0 Å². The molecule has 5 heteroatoms. The third-order valence-electron chi connectivity index (χ3n) is 2.42. The normalized spacial score (nSPS) is 13.4. The summed E-state index contributed by atoms with van der Waals surface area (Å²) in [5, 5.41) is 11.5. The standard InChI is InChI=1S/C13H16N2O3/c1-2-6-10(14)12(16)15-11(13(17)18)9-7-4-3-5-8-9/h2-5,7-8,10-11H,1,6,14H2,(H,15,16)(H,17,18)/t10?,11-/m0/s1. The number of carbonyl (C=O) groups excluding carboxylic acids is 1. The highest BCUT2D eigenvalue weighted by Crippen LogP contribution is 2.12. The summed E-state index contributed by atoms with van der Waals surface area (Å²) in [6.45, 7) is 3.48. The highest BCUT2D eigenvalue weighted by atomic mass is 16.4. The van der Waals surface area contributed by atoms with Crippen LogP contribution >= 0.6 is 0 Å². The zero-order chi connectivity index (χ0) is 13.5. The minimum absolute atomic E-state index is 0.299. The summed E-state index contributed by atoms with van der Waals surface area (Å²) in [5.41, 5.74) is 6.08. The van der Waals surface area contributed by atoms with E-state index in [4.69, 9.17) is 10.8 Å². The molecule has 96 valence electrons. The van der Waals surface area contributed by atoms with Crippen molar-refractivity contribution in [3.05, 3.63) is 48.6 Å². The van der Waals surface area contributed by atoms with Crippen LogP contribution in [0.1, 0.15) is 18.0 Å². The van der Waals surface area contributed by atoms with E-state index in [1.165, 1.54) is 6.08 Å². The maximum atomic E-state index is 11.7. The van der Waals surface area contributed by atoms with Gasteiger partial charge in [-0.3, -0.25) is 4.79 Å². The van der Waals surface area contributed by atoms with Gasteiger partial charge in [-0.25, -0.2) is 4.79 Å². The minimum Gasteiger partial charge on any atom is -0.479 e. The van der Waals surface area contributed by atoms with Gasteiger partial charge in [-0.1, -0.05) is 36.4 Å². The number of nitrogens with one attached hydrogen (secondary N) is 1. The van der Waals surface area contributed by atoms with Gasteiger partial charge in [-0.2, -0.15) is 0 Å². The molecular weight excluding hydrogens is 232 g/mol. The number of nitrogens with two attached hydrogens (primary N) is 1. The molecule has 0 aromatic heterocycles. The van der Waals surface area contributed by atoms with E-state index in [2.05, 4.69) is 11.9 Å². The number of aliphatic carboxylic acids is 1. The lowest BCUT2D eigenvalue weighted by Gasteiger charge is -2.17. The SMILES string of the molecule is C=CCC(N)C(=O)N[C@H](C(=O)O)c1ccccc1. The molecule has 0 saturated heterocycles. The largest absolute Gasteiger partial charge is 0.479 e. The summed E-state index contributed by atoms with van der Waals surface area (Å²) in [5.74, 6) is -1.63. The monoisotopic (exact) mass is 248 g/mol. The first kappa shape index (κ1) is 13.9. The Bertz CT molecular complexity index is 431. The molecule has 0 aliphatic heterocycles. The van der Waals surface area contributed by atoms with E-state index in [1.807, 2.05) is 0 Å². The van der Waals surface area contributed by atoms with E-state index in [0.717, 1.165) is 0 Å². The van der Waals surface area contributed by atoms with Gasteiger partial charge >= 0.3 is 5.97 Å². The van der Waals surface area contributed by atoms with Gasteiger partial charge in [0, 0.05) is 0 Å². The number of carboxylic acid groups (broad SMARTS) is 1. The zero-order valence-corrected chi connectivity index (χ0v) is 9.87. The Kier molecular flexibility index (Phi) is 5.07. The highest BCUT2D eigenvalue weighted by molar-refractivity contribution is 5.87. The number of hydrogen-bond donors (Lipinski definition) is 3. The maximum Gasteiger partial charge on any atom is 0.330 e. The van der Waals surface area contributed by atoms with Crippen molar-refractivity contribution in [2.24, 2.45) is 5.73 Å². The van der Waals surface area contributed by atoms with Gasteiger partial charge in [-0.05, 0) is 12.0 Å². The molecule has 1 unspecified atom stereocenters. The summed E-state index contributed by atoms with van der Waals surface area (Å²) in [4.78, 5) is 22.8. The maximum absolute atomic E-state index is 11.7. The average molecular weight is 248 g/mol. The van der Waals surface area contributed by atoms with Gasteiger partial charge in [0.05, 0.1) is 6.04 Å². The van der Waals surface area contributed by atoms with Gasteiger partial charge in [0.15, 0.2) is 6.04 Å². The molecule has 0 fully saturated rings. The van der Waals surface area contributed by atoms with Gasteiger partial charge in [0.2, 0.25) is 5.91 Å². The van der Waals surface area contributed by atoms with Crippen LogP contribution in [0.25, 0.3) is 0 Å². The first-order valence-electron chi connectivity index (χ1n) is 5.51. The average Bonchev–Trinajstić information content (AvgIpc) is 2.36. The van der Waals surface area contributed by atoms with Gasteiger partial charge < -0.3 is 16.2 Å². The summed E-state index contributed by atoms with van der Waals surface area (Å²) in [6.07, 6.45) is 1.81. The predicted octanol–water partition coefficient (Wildman–Crippen LogP) is 0.832. The second-order valence-corrected chi connectivity index (χ2v) is 3.82. The van der Waals surface area contributed by atoms with Crippen molar-refractivity contribution < 1.29 is 14.7 Å². The second kappa shape index (κ2) is 6.56. The van der Waals surface area contributed by atoms with Crippen LogP contribution in [0.5, 0.6) is 0 Å². The molecule has 1 aromatic rings. The second-order valence-electron chi connectivity index (χ2n) is 3.82. The van der Waals surface area contributed by atoms with E-state index in [0.29, 0.717) is 12.0 Å². The van der Waals surface area contributed by atoms with Crippen molar-refractivity contribution in [3.63, 3.8) is 0 Å².